The molecular weight excluding hydrogens is 243 g/mol. The van der Waals surface area contributed by atoms with E-state index in [2.05, 4.69) is 5.32 Å². The molecular formula is C12H16ClFN2O. The lowest BCUT2D eigenvalue weighted by atomic mass is 10.0. The molecule has 1 aromatic rings. The SMILES string of the molecule is CC(C)C(N)CC(=O)Nc1ccc(Cl)cc1F. The van der Waals surface area contributed by atoms with E-state index in [-0.39, 0.29) is 30.0 Å². The Morgan fingerprint density at radius 3 is 2.71 bits per heavy atom. The van der Waals surface area contributed by atoms with Gasteiger partial charge in [0, 0.05) is 17.5 Å². The summed E-state index contributed by atoms with van der Waals surface area (Å²) >= 11 is 5.61. The maximum absolute atomic E-state index is 13.4. The summed E-state index contributed by atoms with van der Waals surface area (Å²) in [6.07, 6.45) is 0.166. The van der Waals surface area contributed by atoms with Crippen LogP contribution >= 0.6 is 11.6 Å². The zero-order chi connectivity index (χ0) is 13.0. The largest absolute Gasteiger partial charge is 0.327 e. The third kappa shape index (κ3) is 4.32. The van der Waals surface area contributed by atoms with Crippen LogP contribution in [0.25, 0.3) is 0 Å². The van der Waals surface area contributed by atoms with Crippen molar-refractivity contribution >= 4 is 23.2 Å². The van der Waals surface area contributed by atoms with E-state index in [0.29, 0.717) is 5.02 Å². The summed E-state index contributed by atoms with van der Waals surface area (Å²) in [5.74, 6) is -0.646. The number of halogens is 2. The summed E-state index contributed by atoms with van der Waals surface area (Å²) < 4.78 is 13.4. The summed E-state index contributed by atoms with van der Waals surface area (Å²) in [7, 11) is 0. The molecule has 0 aromatic heterocycles. The van der Waals surface area contributed by atoms with Gasteiger partial charge in [-0.1, -0.05) is 25.4 Å². The lowest BCUT2D eigenvalue weighted by molar-refractivity contribution is -0.116. The maximum atomic E-state index is 13.4. The van der Waals surface area contributed by atoms with Gasteiger partial charge >= 0.3 is 0 Å². The Morgan fingerprint density at radius 1 is 1.53 bits per heavy atom. The highest BCUT2D eigenvalue weighted by molar-refractivity contribution is 6.30. The first kappa shape index (κ1) is 13.9. The molecule has 1 atom stereocenters. The topological polar surface area (TPSA) is 55.1 Å². The molecule has 0 bridgehead atoms. The molecule has 1 aromatic carbocycles. The average molecular weight is 259 g/mol. The van der Waals surface area contributed by atoms with Crippen LogP contribution in [0, 0.1) is 11.7 Å². The molecule has 17 heavy (non-hydrogen) atoms. The molecule has 1 rings (SSSR count). The van der Waals surface area contributed by atoms with Crippen molar-refractivity contribution in [2.24, 2.45) is 11.7 Å². The Balaban J connectivity index is 2.62. The van der Waals surface area contributed by atoms with Gasteiger partial charge in [0.15, 0.2) is 0 Å². The van der Waals surface area contributed by atoms with Crippen LogP contribution in [0.1, 0.15) is 20.3 Å². The summed E-state index contributed by atoms with van der Waals surface area (Å²) in [4.78, 5) is 11.6. The van der Waals surface area contributed by atoms with Gasteiger partial charge in [0.25, 0.3) is 0 Å². The first-order chi connectivity index (χ1) is 7.90. The molecule has 1 amide bonds. The van der Waals surface area contributed by atoms with Gasteiger partial charge in [-0.15, -0.1) is 0 Å². The molecule has 0 aliphatic heterocycles. The summed E-state index contributed by atoms with van der Waals surface area (Å²) in [6.45, 7) is 3.86. The van der Waals surface area contributed by atoms with Gasteiger partial charge in [0.2, 0.25) is 5.91 Å². The fraction of sp³-hybridized carbons (Fsp3) is 0.417. The number of anilines is 1. The van der Waals surface area contributed by atoms with Crippen molar-refractivity contribution in [3.8, 4) is 0 Å². The number of amides is 1. The van der Waals surface area contributed by atoms with Crippen molar-refractivity contribution in [2.45, 2.75) is 26.3 Å². The van der Waals surface area contributed by atoms with Crippen molar-refractivity contribution in [1.82, 2.24) is 0 Å². The van der Waals surface area contributed by atoms with Crippen LogP contribution < -0.4 is 11.1 Å². The predicted octanol–water partition coefficient (Wildman–Crippen LogP) is 2.79. The van der Waals surface area contributed by atoms with E-state index in [1.54, 1.807) is 0 Å². The van der Waals surface area contributed by atoms with Gasteiger partial charge in [-0.25, -0.2) is 4.39 Å². The van der Waals surface area contributed by atoms with Crippen LogP contribution in [0.4, 0.5) is 10.1 Å². The number of nitrogens with one attached hydrogen (secondary N) is 1. The molecule has 5 heteroatoms. The lowest BCUT2D eigenvalue weighted by Crippen LogP contribution is -2.31. The second-order valence-corrected chi connectivity index (χ2v) is 4.72. The van der Waals surface area contributed by atoms with Crippen LogP contribution in [0.3, 0.4) is 0 Å². The van der Waals surface area contributed by atoms with E-state index in [1.165, 1.54) is 12.1 Å². The maximum Gasteiger partial charge on any atom is 0.226 e. The lowest BCUT2D eigenvalue weighted by Gasteiger charge is -2.15. The van der Waals surface area contributed by atoms with Crippen molar-refractivity contribution in [3.05, 3.63) is 29.0 Å². The quantitative estimate of drug-likeness (QED) is 0.873. The van der Waals surface area contributed by atoms with Crippen LogP contribution in [0.5, 0.6) is 0 Å². The highest BCUT2D eigenvalue weighted by Crippen LogP contribution is 2.19. The molecule has 94 valence electrons. The summed E-state index contributed by atoms with van der Waals surface area (Å²) in [5, 5.41) is 2.76. The Labute approximate surface area is 105 Å². The summed E-state index contributed by atoms with van der Waals surface area (Å²) in [6, 6.07) is 3.86. The van der Waals surface area contributed by atoms with Gasteiger partial charge in [-0.3, -0.25) is 4.79 Å². The van der Waals surface area contributed by atoms with Crippen molar-refractivity contribution in [3.63, 3.8) is 0 Å². The molecule has 0 radical (unpaired) electrons. The standard InChI is InChI=1S/C12H16ClFN2O/c1-7(2)10(15)6-12(17)16-11-4-3-8(13)5-9(11)14/h3-5,7,10H,6,15H2,1-2H3,(H,16,17). The number of hydrogen-bond acceptors (Lipinski definition) is 2. The highest BCUT2D eigenvalue weighted by Gasteiger charge is 2.14. The van der Waals surface area contributed by atoms with E-state index >= 15 is 0 Å². The number of hydrogen-bond donors (Lipinski definition) is 2. The normalized spacial score (nSPS) is 12.6. The van der Waals surface area contributed by atoms with E-state index < -0.39 is 5.82 Å². The minimum atomic E-state index is -0.552. The van der Waals surface area contributed by atoms with Gasteiger partial charge in [0.1, 0.15) is 5.82 Å². The van der Waals surface area contributed by atoms with Crippen molar-refractivity contribution in [1.29, 1.82) is 0 Å². The molecule has 0 saturated heterocycles. The van der Waals surface area contributed by atoms with E-state index in [9.17, 15) is 9.18 Å². The molecule has 0 saturated carbocycles. The number of nitrogens with two attached hydrogens (primary N) is 1. The molecule has 0 heterocycles. The van der Waals surface area contributed by atoms with Gasteiger partial charge in [-0.05, 0) is 24.1 Å². The predicted molar refractivity (Wildman–Crippen MR) is 67.5 cm³/mol. The Kier molecular flexibility index (Phi) is 4.90. The van der Waals surface area contributed by atoms with Crippen molar-refractivity contribution < 1.29 is 9.18 Å². The molecule has 0 aliphatic rings. The van der Waals surface area contributed by atoms with Crippen LogP contribution in [-0.4, -0.2) is 11.9 Å². The van der Waals surface area contributed by atoms with Crippen LogP contribution in [0.2, 0.25) is 5.02 Å². The van der Waals surface area contributed by atoms with E-state index in [0.717, 1.165) is 6.07 Å². The zero-order valence-corrected chi connectivity index (χ0v) is 10.6. The van der Waals surface area contributed by atoms with E-state index in [1.807, 2.05) is 13.8 Å². The Bertz CT molecular complexity index is 409. The second kappa shape index (κ2) is 5.98. The number of benzene rings is 1. The molecule has 1 unspecified atom stereocenters. The minimum Gasteiger partial charge on any atom is -0.327 e. The number of carbonyl (C=O) groups is 1. The highest BCUT2D eigenvalue weighted by atomic mass is 35.5. The first-order valence-corrected chi connectivity index (χ1v) is 5.78. The van der Waals surface area contributed by atoms with Crippen LogP contribution in [-0.2, 0) is 4.79 Å². The monoisotopic (exact) mass is 258 g/mol. The number of carbonyl (C=O) groups excluding carboxylic acids is 1. The first-order valence-electron chi connectivity index (χ1n) is 5.40. The minimum absolute atomic E-state index is 0.121. The Morgan fingerprint density at radius 2 is 2.18 bits per heavy atom. The molecule has 3 nitrogen and oxygen atoms in total. The Hall–Kier alpha value is -1.13. The molecule has 0 aliphatic carbocycles. The molecule has 0 spiro atoms. The average Bonchev–Trinajstić information content (AvgIpc) is 2.22. The fourth-order valence-corrected chi connectivity index (χ4v) is 1.40. The fourth-order valence-electron chi connectivity index (χ4n) is 1.24. The van der Waals surface area contributed by atoms with Crippen LogP contribution in [0.15, 0.2) is 18.2 Å². The molecule has 3 N–H and O–H groups in total. The third-order valence-electron chi connectivity index (χ3n) is 2.48. The van der Waals surface area contributed by atoms with E-state index in [4.69, 9.17) is 17.3 Å². The third-order valence-corrected chi connectivity index (χ3v) is 2.72. The summed E-state index contributed by atoms with van der Waals surface area (Å²) in [5.41, 5.74) is 5.88. The smallest absolute Gasteiger partial charge is 0.226 e. The zero-order valence-electron chi connectivity index (χ0n) is 9.84. The second-order valence-electron chi connectivity index (χ2n) is 4.28. The van der Waals surface area contributed by atoms with Gasteiger partial charge < -0.3 is 11.1 Å². The van der Waals surface area contributed by atoms with Gasteiger partial charge in [-0.2, -0.15) is 0 Å². The molecule has 0 fully saturated rings. The van der Waals surface area contributed by atoms with Gasteiger partial charge in [0.05, 0.1) is 5.69 Å². The number of rotatable bonds is 4. The van der Waals surface area contributed by atoms with Crippen molar-refractivity contribution in [2.75, 3.05) is 5.32 Å².